The Hall–Kier alpha value is -1.11. The molecule has 0 aromatic heterocycles. The van der Waals surface area contributed by atoms with Crippen LogP contribution in [0.2, 0.25) is 5.02 Å². The van der Waals surface area contributed by atoms with Gasteiger partial charge in [-0.15, -0.1) is 0 Å². The first-order valence-corrected chi connectivity index (χ1v) is 9.87. The standard InChI is InChI=1S/C16H21ClN2O3S/c17-14-3-1-2-13(10-14)16(20)18-11-12-6-8-19(9-7-12)23(21,22)15-4-5-15/h1-3,10,12,15H,4-9,11H2,(H,18,20). The molecule has 0 spiro atoms. The summed E-state index contributed by atoms with van der Waals surface area (Å²) in [6.45, 7) is 1.70. The molecule has 1 saturated carbocycles. The number of nitrogens with one attached hydrogen (secondary N) is 1. The molecule has 1 aromatic carbocycles. The second-order valence-corrected chi connectivity index (χ2v) is 8.96. The van der Waals surface area contributed by atoms with Crippen LogP contribution in [0, 0.1) is 5.92 Å². The quantitative estimate of drug-likeness (QED) is 0.880. The van der Waals surface area contributed by atoms with Gasteiger partial charge in [-0.1, -0.05) is 17.7 Å². The van der Waals surface area contributed by atoms with Gasteiger partial charge in [0.2, 0.25) is 10.0 Å². The molecule has 0 unspecified atom stereocenters. The van der Waals surface area contributed by atoms with Crippen LogP contribution >= 0.6 is 11.6 Å². The van der Waals surface area contributed by atoms with Crippen molar-refractivity contribution in [2.75, 3.05) is 19.6 Å². The number of rotatable bonds is 5. The third-order valence-electron chi connectivity index (χ3n) is 4.52. The summed E-state index contributed by atoms with van der Waals surface area (Å²) in [6.07, 6.45) is 3.19. The molecular formula is C16H21ClN2O3S. The topological polar surface area (TPSA) is 66.5 Å². The molecule has 126 valence electrons. The molecule has 1 aliphatic carbocycles. The fraction of sp³-hybridized carbons (Fsp3) is 0.562. The number of halogens is 1. The van der Waals surface area contributed by atoms with Crippen molar-refractivity contribution in [1.29, 1.82) is 0 Å². The van der Waals surface area contributed by atoms with Crippen LogP contribution < -0.4 is 5.32 Å². The number of amides is 1. The molecule has 2 aliphatic rings. The number of hydrogen-bond donors (Lipinski definition) is 1. The summed E-state index contributed by atoms with van der Waals surface area (Å²) in [5.74, 6) is 0.185. The first-order chi connectivity index (χ1) is 11.0. The number of carbonyl (C=O) groups is 1. The Bertz CT molecular complexity index is 680. The number of benzene rings is 1. The van der Waals surface area contributed by atoms with Gasteiger partial charge in [-0.05, 0) is 49.8 Å². The van der Waals surface area contributed by atoms with Crippen LogP contribution in [0.25, 0.3) is 0 Å². The Morgan fingerprint density at radius 1 is 1.22 bits per heavy atom. The van der Waals surface area contributed by atoms with E-state index in [0.717, 1.165) is 25.7 Å². The second kappa shape index (κ2) is 6.79. The van der Waals surface area contributed by atoms with Gasteiger partial charge in [0.25, 0.3) is 5.91 Å². The first-order valence-electron chi connectivity index (χ1n) is 7.99. The summed E-state index contributed by atoms with van der Waals surface area (Å²) in [5, 5.41) is 3.32. The van der Waals surface area contributed by atoms with Gasteiger partial charge in [0.1, 0.15) is 0 Å². The second-order valence-electron chi connectivity index (χ2n) is 6.31. The summed E-state index contributed by atoms with van der Waals surface area (Å²) >= 11 is 5.88. The third kappa shape index (κ3) is 4.05. The maximum absolute atomic E-state index is 12.2. The van der Waals surface area contributed by atoms with Crippen LogP contribution in [-0.4, -0.2) is 43.5 Å². The molecule has 7 heteroatoms. The molecule has 2 fully saturated rings. The minimum Gasteiger partial charge on any atom is -0.352 e. The molecule has 0 bridgehead atoms. The van der Waals surface area contributed by atoms with E-state index in [1.165, 1.54) is 0 Å². The van der Waals surface area contributed by atoms with Crippen LogP contribution in [0.1, 0.15) is 36.0 Å². The molecule has 23 heavy (non-hydrogen) atoms. The summed E-state index contributed by atoms with van der Waals surface area (Å²) in [5.41, 5.74) is 0.547. The van der Waals surface area contributed by atoms with Gasteiger partial charge in [0, 0.05) is 30.2 Å². The Labute approximate surface area is 142 Å². The van der Waals surface area contributed by atoms with Crippen LogP contribution in [0.5, 0.6) is 0 Å². The highest BCUT2D eigenvalue weighted by molar-refractivity contribution is 7.90. The van der Waals surface area contributed by atoms with Gasteiger partial charge >= 0.3 is 0 Å². The molecule has 1 saturated heterocycles. The molecule has 0 radical (unpaired) electrons. The molecular weight excluding hydrogens is 336 g/mol. The van der Waals surface area contributed by atoms with E-state index in [1.54, 1.807) is 28.6 Å². The van der Waals surface area contributed by atoms with E-state index in [1.807, 2.05) is 0 Å². The zero-order valence-corrected chi connectivity index (χ0v) is 14.4. The highest BCUT2D eigenvalue weighted by Crippen LogP contribution is 2.33. The van der Waals surface area contributed by atoms with E-state index in [4.69, 9.17) is 11.6 Å². The minimum atomic E-state index is -3.06. The van der Waals surface area contributed by atoms with E-state index in [-0.39, 0.29) is 11.2 Å². The summed E-state index contributed by atoms with van der Waals surface area (Å²) in [6, 6.07) is 6.85. The molecule has 0 atom stereocenters. The zero-order valence-electron chi connectivity index (χ0n) is 12.9. The summed E-state index contributed by atoms with van der Waals surface area (Å²) in [7, 11) is -3.06. The monoisotopic (exact) mass is 356 g/mol. The predicted octanol–water partition coefficient (Wildman–Crippen LogP) is 2.27. The lowest BCUT2D eigenvalue weighted by Crippen LogP contribution is -2.42. The van der Waals surface area contributed by atoms with Gasteiger partial charge in [-0.2, -0.15) is 0 Å². The summed E-state index contributed by atoms with van der Waals surface area (Å²) < 4.78 is 26.0. The Morgan fingerprint density at radius 3 is 2.52 bits per heavy atom. The van der Waals surface area contributed by atoms with Gasteiger partial charge < -0.3 is 5.32 Å². The maximum Gasteiger partial charge on any atom is 0.251 e. The van der Waals surface area contributed by atoms with Crippen molar-refractivity contribution in [1.82, 2.24) is 9.62 Å². The Balaban J connectivity index is 1.47. The molecule has 1 amide bonds. The largest absolute Gasteiger partial charge is 0.352 e. The lowest BCUT2D eigenvalue weighted by molar-refractivity contribution is 0.0941. The third-order valence-corrected chi connectivity index (χ3v) is 7.15. The number of piperidine rings is 1. The molecule has 1 aromatic rings. The van der Waals surface area contributed by atoms with Crippen molar-refractivity contribution in [3.8, 4) is 0 Å². The van der Waals surface area contributed by atoms with Gasteiger partial charge in [0.05, 0.1) is 5.25 Å². The molecule has 3 rings (SSSR count). The molecule has 1 aliphatic heterocycles. The predicted molar refractivity (Wildman–Crippen MR) is 90.0 cm³/mol. The van der Waals surface area contributed by atoms with Crippen LogP contribution in [0.15, 0.2) is 24.3 Å². The average molecular weight is 357 g/mol. The Kier molecular flexibility index (Phi) is 4.94. The van der Waals surface area contributed by atoms with Crippen LogP contribution in [0.4, 0.5) is 0 Å². The normalized spacial score (nSPS) is 20.4. The van der Waals surface area contributed by atoms with E-state index >= 15 is 0 Å². The fourth-order valence-electron chi connectivity index (χ4n) is 2.91. The maximum atomic E-state index is 12.2. The molecule has 5 nitrogen and oxygen atoms in total. The van der Waals surface area contributed by atoms with E-state index in [9.17, 15) is 13.2 Å². The smallest absolute Gasteiger partial charge is 0.251 e. The lowest BCUT2D eigenvalue weighted by Gasteiger charge is -2.31. The van der Waals surface area contributed by atoms with Crippen LogP contribution in [-0.2, 0) is 10.0 Å². The van der Waals surface area contributed by atoms with Crippen molar-refractivity contribution < 1.29 is 13.2 Å². The fourth-order valence-corrected chi connectivity index (χ4v) is 4.98. The Morgan fingerprint density at radius 2 is 1.91 bits per heavy atom. The highest BCUT2D eigenvalue weighted by atomic mass is 35.5. The van der Waals surface area contributed by atoms with E-state index < -0.39 is 10.0 Å². The molecule has 1 N–H and O–H groups in total. The van der Waals surface area contributed by atoms with Crippen molar-refractivity contribution in [3.05, 3.63) is 34.9 Å². The lowest BCUT2D eigenvalue weighted by atomic mass is 9.98. The minimum absolute atomic E-state index is 0.137. The summed E-state index contributed by atoms with van der Waals surface area (Å²) in [4.78, 5) is 12.1. The highest BCUT2D eigenvalue weighted by Gasteiger charge is 2.41. The number of sulfonamides is 1. The van der Waals surface area contributed by atoms with Crippen LogP contribution in [0.3, 0.4) is 0 Å². The van der Waals surface area contributed by atoms with Gasteiger partial charge in [0.15, 0.2) is 0 Å². The van der Waals surface area contributed by atoms with E-state index in [0.29, 0.717) is 36.1 Å². The number of nitrogens with zero attached hydrogens (tertiary/aromatic N) is 1. The van der Waals surface area contributed by atoms with E-state index in [2.05, 4.69) is 5.32 Å². The molecule has 1 heterocycles. The van der Waals surface area contributed by atoms with Crippen molar-refractivity contribution in [2.24, 2.45) is 5.92 Å². The zero-order chi connectivity index (χ0) is 16.4. The number of hydrogen-bond acceptors (Lipinski definition) is 3. The van der Waals surface area contributed by atoms with Crippen molar-refractivity contribution in [2.45, 2.75) is 30.9 Å². The average Bonchev–Trinajstić information content (AvgIpc) is 3.38. The van der Waals surface area contributed by atoms with Gasteiger partial charge in [-0.25, -0.2) is 12.7 Å². The number of carbonyl (C=O) groups excluding carboxylic acids is 1. The van der Waals surface area contributed by atoms with Crippen molar-refractivity contribution in [3.63, 3.8) is 0 Å². The van der Waals surface area contributed by atoms with Gasteiger partial charge in [-0.3, -0.25) is 4.79 Å². The van der Waals surface area contributed by atoms with Crippen molar-refractivity contribution >= 4 is 27.5 Å². The SMILES string of the molecule is O=C(NCC1CCN(S(=O)(=O)C2CC2)CC1)c1cccc(Cl)c1. The first kappa shape index (κ1) is 16.7.